The van der Waals surface area contributed by atoms with Gasteiger partial charge in [0, 0.05) is 50.1 Å². The number of halogens is 2. The third-order valence-electron chi connectivity index (χ3n) is 11.6. The Morgan fingerprint density at radius 2 is 1.39 bits per heavy atom. The van der Waals surface area contributed by atoms with E-state index in [-0.39, 0.29) is 29.0 Å². The highest BCUT2D eigenvalue weighted by Gasteiger charge is 2.37. The van der Waals surface area contributed by atoms with E-state index >= 15 is 8.78 Å². The molecule has 4 amide bonds. The smallest absolute Gasteiger partial charge is 0.407 e. The van der Waals surface area contributed by atoms with Crippen LogP contribution in [0.1, 0.15) is 91.2 Å². The van der Waals surface area contributed by atoms with Crippen molar-refractivity contribution in [2.24, 2.45) is 0 Å². The standard InChI is InChI=1S/C44H49F2N9O6/c1-26(53(2)41(56)36(51-43(58)60-3)28-12-7-5-8-13-28)39-47-24-33(49-39)27-17-20-54(21-18-27)38-31(45)22-30(23-32(38)46)34-25-48-40(50-34)35-16-11-19-55(35)42(57)37(52-44(59)61-4)29-14-9-6-10-15-29/h5-10,12-15,22-27,35-37H,11,16-21H2,1-4H3,(H,47,49)(H,48,50)(H,51,58)(H,52,59). The fourth-order valence-corrected chi connectivity index (χ4v) is 8.14. The second kappa shape index (κ2) is 18.6. The van der Waals surface area contributed by atoms with E-state index in [1.165, 1.54) is 37.4 Å². The molecular formula is C44H49F2N9O6. The normalized spacial score (nSPS) is 17.0. The minimum atomic E-state index is -0.979. The molecule has 61 heavy (non-hydrogen) atoms. The third-order valence-corrected chi connectivity index (χ3v) is 11.6. The van der Waals surface area contributed by atoms with E-state index < -0.39 is 48.0 Å². The van der Waals surface area contributed by atoms with Gasteiger partial charge in [-0.1, -0.05) is 60.7 Å². The third kappa shape index (κ3) is 9.20. The number of aromatic nitrogens is 4. The number of likely N-dealkylation sites (tertiary alicyclic amines) is 1. The summed E-state index contributed by atoms with van der Waals surface area (Å²) >= 11 is 0. The number of benzene rings is 3. The zero-order valence-corrected chi connectivity index (χ0v) is 34.4. The molecule has 17 heteroatoms. The zero-order chi connectivity index (χ0) is 43.2. The molecule has 15 nitrogen and oxygen atoms in total. The number of imidazole rings is 2. The van der Waals surface area contributed by atoms with Crippen molar-refractivity contribution in [2.75, 3.05) is 45.8 Å². The highest BCUT2D eigenvalue weighted by Crippen LogP contribution is 2.37. The molecule has 4 atom stereocenters. The summed E-state index contributed by atoms with van der Waals surface area (Å²) in [6.45, 7) is 3.06. The Labute approximate surface area is 351 Å². The lowest BCUT2D eigenvalue weighted by atomic mass is 9.93. The molecule has 2 fully saturated rings. The van der Waals surface area contributed by atoms with Crippen molar-refractivity contribution >= 4 is 29.7 Å². The van der Waals surface area contributed by atoms with Crippen molar-refractivity contribution in [3.63, 3.8) is 0 Å². The topological polar surface area (TPSA) is 178 Å². The van der Waals surface area contributed by atoms with E-state index in [1.807, 2.05) is 19.1 Å². The number of hydrogen-bond acceptors (Lipinski definition) is 9. The minimum Gasteiger partial charge on any atom is -0.453 e. The van der Waals surface area contributed by atoms with E-state index in [0.717, 1.165) is 5.69 Å². The molecule has 0 saturated carbocycles. The van der Waals surface area contributed by atoms with Crippen LogP contribution in [0.3, 0.4) is 0 Å². The van der Waals surface area contributed by atoms with Crippen LogP contribution in [0.5, 0.6) is 0 Å². The molecule has 7 rings (SSSR count). The number of nitrogens with one attached hydrogen (secondary N) is 4. The Hall–Kier alpha value is -6.78. The first-order valence-electron chi connectivity index (χ1n) is 20.2. The Morgan fingerprint density at radius 3 is 2.00 bits per heavy atom. The predicted molar refractivity (Wildman–Crippen MR) is 221 cm³/mol. The summed E-state index contributed by atoms with van der Waals surface area (Å²) in [7, 11) is 4.11. The number of H-pyrrole nitrogens is 2. The van der Waals surface area contributed by atoms with Gasteiger partial charge in [-0.2, -0.15) is 0 Å². The van der Waals surface area contributed by atoms with Gasteiger partial charge in [-0.3, -0.25) is 9.59 Å². The number of aromatic amines is 2. The number of piperidine rings is 1. The first kappa shape index (κ1) is 42.3. The maximum absolute atomic E-state index is 15.9. The molecule has 5 aromatic rings. The number of ether oxygens (including phenoxy) is 2. The highest BCUT2D eigenvalue weighted by atomic mass is 19.1. The molecular weight excluding hydrogens is 789 g/mol. The Morgan fingerprint density at radius 1 is 0.803 bits per heavy atom. The van der Waals surface area contributed by atoms with Gasteiger partial charge < -0.3 is 44.8 Å². The molecule has 4 unspecified atom stereocenters. The van der Waals surface area contributed by atoms with Crippen LogP contribution >= 0.6 is 0 Å². The summed E-state index contributed by atoms with van der Waals surface area (Å²) in [4.78, 5) is 72.4. The summed E-state index contributed by atoms with van der Waals surface area (Å²) in [5, 5.41) is 5.27. The highest BCUT2D eigenvalue weighted by molar-refractivity contribution is 5.88. The molecule has 0 spiro atoms. The number of likely N-dealkylation sites (N-methyl/N-ethyl adjacent to an activating group) is 1. The lowest BCUT2D eigenvalue weighted by Crippen LogP contribution is -2.42. The summed E-state index contributed by atoms with van der Waals surface area (Å²) in [5.74, 6) is -1.02. The number of nitrogens with zero attached hydrogens (tertiary/aromatic N) is 5. The molecule has 0 aliphatic carbocycles. The number of hydrogen-bond donors (Lipinski definition) is 4. The fraction of sp³-hybridized carbons (Fsp3) is 0.364. The van der Waals surface area contributed by atoms with Gasteiger partial charge in [0.1, 0.15) is 41.1 Å². The second-order valence-electron chi connectivity index (χ2n) is 15.2. The maximum atomic E-state index is 15.9. The number of rotatable bonds is 12. The van der Waals surface area contributed by atoms with Crippen LogP contribution in [0, 0.1) is 11.6 Å². The van der Waals surface area contributed by atoms with Gasteiger partial charge in [-0.05, 0) is 55.9 Å². The number of carbonyl (C=O) groups is 4. The summed E-state index contributed by atoms with van der Waals surface area (Å²) in [6.07, 6.45) is 4.29. The minimum absolute atomic E-state index is 0.0406. The Kier molecular flexibility index (Phi) is 12.9. The van der Waals surface area contributed by atoms with Gasteiger partial charge in [0.05, 0.1) is 38.2 Å². The molecule has 2 aliphatic heterocycles. The van der Waals surface area contributed by atoms with E-state index in [0.29, 0.717) is 73.8 Å². The van der Waals surface area contributed by atoms with Crippen LogP contribution in [-0.2, 0) is 19.1 Å². The average Bonchev–Trinajstić information content (AvgIpc) is 4.09. The number of anilines is 1. The molecule has 0 radical (unpaired) electrons. The second-order valence-corrected chi connectivity index (χ2v) is 15.2. The molecule has 0 bridgehead atoms. The summed E-state index contributed by atoms with van der Waals surface area (Å²) in [6, 6.07) is 17.5. The molecule has 2 aromatic heterocycles. The van der Waals surface area contributed by atoms with E-state index in [9.17, 15) is 19.2 Å². The van der Waals surface area contributed by atoms with Crippen molar-refractivity contribution in [3.05, 3.63) is 125 Å². The van der Waals surface area contributed by atoms with Crippen molar-refractivity contribution in [1.82, 2.24) is 40.4 Å². The number of alkyl carbamates (subject to hydrolysis) is 2. The lowest BCUT2D eigenvalue weighted by molar-refractivity contribution is -0.135. The molecule has 2 aliphatic rings. The Bertz CT molecular complexity index is 2310. The largest absolute Gasteiger partial charge is 0.453 e. The lowest BCUT2D eigenvalue weighted by Gasteiger charge is -2.33. The fourth-order valence-electron chi connectivity index (χ4n) is 8.14. The van der Waals surface area contributed by atoms with E-state index in [2.05, 4.69) is 30.6 Å². The van der Waals surface area contributed by atoms with Gasteiger partial charge in [-0.25, -0.2) is 28.3 Å². The van der Waals surface area contributed by atoms with Gasteiger partial charge in [0.25, 0.3) is 5.91 Å². The monoisotopic (exact) mass is 837 g/mol. The van der Waals surface area contributed by atoms with Gasteiger partial charge in [0.15, 0.2) is 0 Å². The van der Waals surface area contributed by atoms with Crippen molar-refractivity contribution in [2.45, 2.75) is 62.7 Å². The molecule has 320 valence electrons. The predicted octanol–water partition coefficient (Wildman–Crippen LogP) is 6.84. The van der Waals surface area contributed by atoms with Crippen LogP contribution in [0.25, 0.3) is 11.3 Å². The number of carbonyl (C=O) groups excluding carboxylic acids is 4. The van der Waals surface area contributed by atoms with E-state index in [1.54, 1.807) is 71.6 Å². The van der Waals surface area contributed by atoms with Gasteiger partial charge >= 0.3 is 12.2 Å². The first-order chi connectivity index (χ1) is 29.5. The maximum Gasteiger partial charge on any atom is 0.407 e. The van der Waals surface area contributed by atoms with Crippen molar-refractivity contribution in [3.8, 4) is 11.3 Å². The van der Waals surface area contributed by atoms with E-state index in [4.69, 9.17) is 9.47 Å². The van der Waals surface area contributed by atoms with Gasteiger partial charge in [-0.15, -0.1) is 0 Å². The van der Waals surface area contributed by atoms with Gasteiger partial charge in [0.2, 0.25) is 5.91 Å². The quantitative estimate of drug-likeness (QED) is 0.105. The summed E-state index contributed by atoms with van der Waals surface area (Å²) in [5.41, 5.74) is 2.64. The molecule has 4 heterocycles. The number of amides is 4. The Balaban J connectivity index is 0.989. The van der Waals surface area contributed by atoms with Crippen molar-refractivity contribution in [1.29, 1.82) is 0 Å². The zero-order valence-electron chi connectivity index (χ0n) is 34.4. The van der Waals surface area contributed by atoms with Crippen LogP contribution < -0.4 is 15.5 Å². The molecule has 3 aromatic carbocycles. The van der Waals surface area contributed by atoms with Crippen LogP contribution in [0.15, 0.2) is 85.2 Å². The first-order valence-corrected chi connectivity index (χ1v) is 20.2. The molecule has 2 saturated heterocycles. The van der Waals surface area contributed by atoms with Crippen LogP contribution in [0.2, 0.25) is 0 Å². The van der Waals surface area contributed by atoms with Crippen molar-refractivity contribution < 1.29 is 37.4 Å². The SMILES string of the molecule is COC(=O)NC(C(=O)N(C)C(C)c1ncc(C2CCN(c3c(F)cc(-c4cnc(C5CCCN5C(=O)C(NC(=O)OC)c5ccccc5)[nH]4)cc3F)CC2)[nH]1)c1ccccc1. The van der Waals surface area contributed by atoms with Crippen LogP contribution in [0.4, 0.5) is 24.1 Å². The average molecular weight is 838 g/mol. The molecule has 4 N–H and O–H groups in total. The van der Waals surface area contributed by atoms with Crippen LogP contribution in [-0.4, -0.2) is 94.6 Å². The summed E-state index contributed by atoms with van der Waals surface area (Å²) < 4.78 is 41.3. The number of methoxy groups -OCH3 is 2.